The first-order chi connectivity index (χ1) is 13.2. The Hall–Kier alpha value is -1.79. The number of thiophene rings is 1. The van der Waals surface area contributed by atoms with Crippen molar-refractivity contribution in [3.05, 3.63) is 61.4 Å². The number of aromatic nitrogens is 2. The molecule has 3 aromatic rings. The van der Waals surface area contributed by atoms with Crippen molar-refractivity contribution in [1.82, 2.24) is 9.55 Å². The molecule has 6 heteroatoms. The third-order valence-electron chi connectivity index (χ3n) is 5.74. The summed E-state index contributed by atoms with van der Waals surface area (Å²) in [6, 6.07) is 7.20. The second kappa shape index (κ2) is 7.23. The number of halogens is 1. The molecule has 1 aromatic carbocycles. The van der Waals surface area contributed by atoms with Gasteiger partial charge in [-0.05, 0) is 48.3 Å². The molecule has 0 N–H and O–H groups in total. The van der Waals surface area contributed by atoms with Gasteiger partial charge in [-0.1, -0.05) is 48.8 Å². The normalized spacial score (nSPS) is 16.9. The molecule has 146 valence electrons. The molecule has 0 radical (unpaired) electrons. The van der Waals surface area contributed by atoms with Gasteiger partial charge in [0.15, 0.2) is 5.78 Å². The fourth-order valence-corrected chi connectivity index (χ4v) is 5.46. The summed E-state index contributed by atoms with van der Waals surface area (Å²) < 4.78 is 2.37. The highest BCUT2D eigenvalue weighted by Crippen LogP contribution is 2.41. The van der Waals surface area contributed by atoms with Crippen molar-refractivity contribution in [2.24, 2.45) is 11.3 Å². The quantitative estimate of drug-likeness (QED) is 0.503. The molecule has 1 aliphatic rings. The molecule has 0 fully saturated rings. The van der Waals surface area contributed by atoms with Gasteiger partial charge in [0.2, 0.25) is 0 Å². The van der Waals surface area contributed by atoms with Gasteiger partial charge in [-0.2, -0.15) is 0 Å². The number of nitrogens with zero attached hydrogens (tertiary/aromatic N) is 2. The third kappa shape index (κ3) is 3.60. The highest BCUT2D eigenvalue weighted by molar-refractivity contribution is 9.10. The van der Waals surface area contributed by atoms with Gasteiger partial charge in [0, 0.05) is 14.9 Å². The summed E-state index contributed by atoms with van der Waals surface area (Å²) in [5, 5.41) is 0.721. The zero-order valence-corrected chi connectivity index (χ0v) is 18.7. The first-order valence-electron chi connectivity index (χ1n) is 9.52. The molecule has 0 saturated carbocycles. The molecule has 2 aromatic heterocycles. The Balaban J connectivity index is 1.67. The maximum Gasteiger partial charge on any atom is 0.262 e. The van der Waals surface area contributed by atoms with E-state index in [1.54, 1.807) is 23.5 Å². The van der Waals surface area contributed by atoms with Crippen molar-refractivity contribution in [2.75, 3.05) is 0 Å². The molecular weight excluding hydrogens is 436 g/mol. The Morgan fingerprint density at radius 3 is 2.68 bits per heavy atom. The Bertz CT molecular complexity index is 1110. The number of Topliss-reactive ketones (excluding diaryl/α,β-unsaturated/α-hetero) is 1. The molecule has 0 saturated heterocycles. The van der Waals surface area contributed by atoms with Crippen molar-refractivity contribution in [3.63, 3.8) is 0 Å². The average molecular weight is 459 g/mol. The lowest BCUT2D eigenvalue weighted by atomic mass is 9.72. The van der Waals surface area contributed by atoms with Crippen LogP contribution in [0.2, 0.25) is 0 Å². The molecule has 0 spiro atoms. The summed E-state index contributed by atoms with van der Waals surface area (Å²) in [5.74, 6) is 0.530. The lowest BCUT2D eigenvalue weighted by Gasteiger charge is -2.33. The van der Waals surface area contributed by atoms with Gasteiger partial charge in [0.05, 0.1) is 18.3 Å². The number of fused-ring (bicyclic) bond motifs is 3. The summed E-state index contributed by atoms with van der Waals surface area (Å²) in [4.78, 5) is 32.3. The Morgan fingerprint density at radius 2 is 2.00 bits per heavy atom. The number of carbonyl (C=O) groups is 1. The molecule has 1 atom stereocenters. The van der Waals surface area contributed by atoms with Gasteiger partial charge in [-0.15, -0.1) is 11.3 Å². The van der Waals surface area contributed by atoms with Crippen LogP contribution in [0, 0.1) is 11.3 Å². The van der Waals surface area contributed by atoms with Crippen molar-refractivity contribution in [1.29, 1.82) is 0 Å². The monoisotopic (exact) mass is 458 g/mol. The van der Waals surface area contributed by atoms with Crippen LogP contribution in [-0.4, -0.2) is 15.3 Å². The van der Waals surface area contributed by atoms with E-state index in [2.05, 4.69) is 41.7 Å². The van der Waals surface area contributed by atoms with Crippen LogP contribution in [0.15, 0.2) is 39.9 Å². The van der Waals surface area contributed by atoms with Crippen LogP contribution in [0.4, 0.5) is 0 Å². The fraction of sp³-hybridized carbons (Fsp3) is 0.409. The molecule has 2 heterocycles. The molecule has 4 rings (SSSR count). The standard InChI is InChI=1S/C22H23BrN2O2S/c1-22(2,3)14-6-9-16-18(10-14)28-20-19(16)21(27)25(12-24-20)11-17(26)13-4-7-15(23)8-5-13/h4-5,7-8,12,14H,6,9-11H2,1-3H3. The number of benzene rings is 1. The highest BCUT2D eigenvalue weighted by atomic mass is 79.9. The topological polar surface area (TPSA) is 52.0 Å². The van der Waals surface area contributed by atoms with E-state index in [1.165, 1.54) is 15.8 Å². The summed E-state index contributed by atoms with van der Waals surface area (Å²) in [6.07, 6.45) is 4.54. The van der Waals surface area contributed by atoms with Crippen LogP contribution in [0.25, 0.3) is 10.2 Å². The zero-order chi connectivity index (χ0) is 20.1. The smallest absolute Gasteiger partial charge is 0.262 e. The molecule has 0 amide bonds. The van der Waals surface area contributed by atoms with Crippen LogP contribution in [-0.2, 0) is 19.4 Å². The zero-order valence-electron chi connectivity index (χ0n) is 16.3. The Kier molecular flexibility index (Phi) is 5.04. The van der Waals surface area contributed by atoms with E-state index in [9.17, 15) is 9.59 Å². The fourth-order valence-electron chi connectivity index (χ4n) is 3.93. The van der Waals surface area contributed by atoms with Gasteiger partial charge in [0.1, 0.15) is 4.83 Å². The number of ketones is 1. The molecule has 1 unspecified atom stereocenters. The number of aryl methyl sites for hydroxylation is 1. The first kappa shape index (κ1) is 19.5. The van der Waals surface area contributed by atoms with Gasteiger partial charge in [-0.3, -0.25) is 14.2 Å². The number of carbonyl (C=O) groups excluding carboxylic acids is 1. The van der Waals surface area contributed by atoms with Crippen LogP contribution >= 0.6 is 27.3 Å². The second-order valence-electron chi connectivity index (χ2n) is 8.60. The number of hydrogen-bond donors (Lipinski definition) is 0. The van der Waals surface area contributed by atoms with Crippen LogP contribution in [0.3, 0.4) is 0 Å². The predicted octanol–water partition coefficient (Wildman–Crippen LogP) is 5.25. The van der Waals surface area contributed by atoms with Crippen LogP contribution in [0.1, 0.15) is 48.0 Å². The van der Waals surface area contributed by atoms with Crippen LogP contribution in [0.5, 0.6) is 0 Å². The molecule has 28 heavy (non-hydrogen) atoms. The maximum absolute atomic E-state index is 13.1. The molecule has 0 aliphatic heterocycles. The minimum absolute atomic E-state index is 0.0125. The summed E-state index contributed by atoms with van der Waals surface area (Å²) in [6.45, 7) is 6.87. The van der Waals surface area contributed by atoms with E-state index in [0.29, 0.717) is 11.5 Å². The Labute approximate surface area is 176 Å². The van der Waals surface area contributed by atoms with E-state index < -0.39 is 0 Å². The third-order valence-corrected chi connectivity index (χ3v) is 7.43. The lowest BCUT2D eigenvalue weighted by Crippen LogP contribution is -2.27. The maximum atomic E-state index is 13.1. The molecule has 4 nitrogen and oxygen atoms in total. The van der Waals surface area contributed by atoms with E-state index in [-0.39, 0.29) is 23.3 Å². The van der Waals surface area contributed by atoms with Crippen LogP contribution < -0.4 is 5.56 Å². The van der Waals surface area contributed by atoms with Crippen molar-refractivity contribution < 1.29 is 4.79 Å². The van der Waals surface area contributed by atoms with Gasteiger partial charge in [0.25, 0.3) is 5.56 Å². The summed E-state index contributed by atoms with van der Waals surface area (Å²) >= 11 is 5.02. The number of rotatable bonds is 3. The number of hydrogen-bond acceptors (Lipinski definition) is 4. The van der Waals surface area contributed by atoms with Crippen molar-refractivity contribution >= 4 is 43.3 Å². The minimum atomic E-state index is -0.0952. The molecule has 1 aliphatic carbocycles. The Morgan fingerprint density at radius 1 is 1.29 bits per heavy atom. The van der Waals surface area contributed by atoms with E-state index in [1.807, 2.05) is 12.1 Å². The average Bonchev–Trinajstić information content (AvgIpc) is 3.02. The largest absolute Gasteiger partial charge is 0.292 e. The van der Waals surface area contributed by atoms with E-state index >= 15 is 0 Å². The van der Waals surface area contributed by atoms with E-state index in [0.717, 1.165) is 39.5 Å². The van der Waals surface area contributed by atoms with Gasteiger partial charge >= 0.3 is 0 Å². The van der Waals surface area contributed by atoms with Crippen molar-refractivity contribution in [2.45, 2.75) is 46.6 Å². The summed E-state index contributed by atoms with van der Waals surface area (Å²) in [7, 11) is 0. The SMILES string of the molecule is CC(C)(C)C1CCc2c(sc3ncn(CC(=O)c4ccc(Br)cc4)c(=O)c23)C1. The predicted molar refractivity (Wildman–Crippen MR) is 117 cm³/mol. The minimum Gasteiger partial charge on any atom is -0.292 e. The van der Waals surface area contributed by atoms with Crippen molar-refractivity contribution in [3.8, 4) is 0 Å². The van der Waals surface area contributed by atoms with Gasteiger partial charge < -0.3 is 0 Å². The molecular formula is C22H23BrN2O2S. The molecule has 0 bridgehead atoms. The lowest BCUT2D eigenvalue weighted by molar-refractivity contribution is 0.0970. The van der Waals surface area contributed by atoms with E-state index in [4.69, 9.17) is 0 Å². The van der Waals surface area contributed by atoms with Gasteiger partial charge in [-0.25, -0.2) is 4.98 Å². The second-order valence-corrected chi connectivity index (χ2v) is 10.6. The highest BCUT2D eigenvalue weighted by Gasteiger charge is 2.31. The first-order valence-corrected chi connectivity index (χ1v) is 11.1. The summed E-state index contributed by atoms with van der Waals surface area (Å²) in [5.41, 5.74) is 1.92.